The zero-order chi connectivity index (χ0) is 10.9. The lowest BCUT2D eigenvalue weighted by molar-refractivity contribution is -0.413. The fourth-order valence-corrected chi connectivity index (χ4v) is 0.354. The highest BCUT2D eigenvalue weighted by Crippen LogP contribution is 2.34. The van der Waals surface area contributed by atoms with Crippen molar-refractivity contribution in [3.05, 3.63) is 0 Å². The minimum absolute atomic E-state index is 0.0677. The fourth-order valence-electron chi connectivity index (χ4n) is 0.354. The first kappa shape index (κ1) is 12.9. The van der Waals surface area contributed by atoms with E-state index < -0.39 is 0 Å². The lowest BCUT2D eigenvalue weighted by Gasteiger charge is -2.38. The second kappa shape index (κ2) is 3.58. The summed E-state index contributed by atoms with van der Waals surface area (Å²) in [6.45, 7) is 16.4. The molecule has 0 saturated carbocycles. The van der Waals surface area contributed by atoms with Gasteiger partial charge >= 0.3 is 0 Å². The van der Waals surface area contributed by atoms with E-state index in [1.165, 1.54) is 0 Å². The van der Waals surface area contributed by atoms with E-state index in [4.69, 9.17) is 9.78 Å². The van der Waals surface area contributed by atoms with Crippen LogP contribution in [-0.2, 0) is 9.78 Å². The van der Waals surface area contributed by atoms with E-state index in [-0.39, 0.29) is 16.6 Å². The van der Waals surface area contributed by atoms with Crippen LogP contribution in [0.5, 0.6) is 0 Å². The van der Waals surface area contributed by atoms with E-state index in [1.807, 2.05) is 34.6 Å². The van der Waals surface area contributed by atoms with Crippen LogP contribution in [0.4, 0.5) is 0 Å². The Morgan fingerprint density at radius 3 is 1.23 bits per heavy atom. The molecule has 0 fully saturated rings. The van der Waals surface area contributed by atoms with Gasteiger partial charge in [0.15, 0.2) is 0 Å². The van der Waals surface area contributed by atoms with Gasteiger partial charge in [-0.25, -0.2) is 9.78 Å². The molecule has 0 aromatic rings. The van der Waals surface area contributed by atoms with Gasteiger partial charge in [-0.3, -0.25) is 0 Å². The van der Waals surface area contributed by atoms with Crippen molar-refractivity contribution in [1.82, 2.24) is 0 Å². The van der Waals surface area contributed by atoms with Crippen LogP contribution >= 0.6 is 0 Å². The summed E-state index contributed by atoms with van der Waals surface area (Å²) in [7, 11) is 0. The molecule has 0 spiro atoms. The molecule has 0 amide bonds. The second-order valence-electron chi connectivity index (χ2n) is 6.04. The van der Waals surface area contributed by atoms with Crippen molar-refractivity contribution < 1.29 is 9.78 Å². The second-order valence-corrected chi connectivity index (χ2v) is 6.04. The minimum atomic E-state index is -0.277. The highest BCUT2D eigenvalue weighted by atomic mass is 17.2. The SMILES string of the molecule is CC(C)(C)OOC(C)(C)C(C)(C)C. The Hall–Kier alpha value is -0.0800. The van der Waals surface area contributed by atoms with Gasteiger partial charge in [0.25, 0.3) is 0 Å². The first-order chi connectivity index (χ1) is 5.46. The first-order valence-corrected chi connectivity index (χ1v) is 4.82. The summed E-state index contributed by atoms with van der Waals surface area (Å²) in [5.74, 6) is 0. The summed E-state index contributed by atoms with van der Waals surface area (Å²) in [6, 6.07) is 0. The van der Waals surface area contributed by atoms with Crippen molar-refractivity contribution in [1.29, 1.82) is 0 Å². The quantitative estimate of drug-likeness (QED) is 0.487. The van der Waals surface area contributed by atoms with Gasteiger partial charge in [-0.1, -0.05) is 20.8 Å². The van der Waals surface area contributed by atoms with Crippen LogP contribution in [0.1, 0.15) is 55.4 Å². The average Bonchev–Trinajstić information content (AvgIpc) is 1.79. The van der Waals surface area contributed by atoms with Crippen LogP contribution in [0.25, 0.3) is 0 Å². The number of rotatable bonds is 2. The van der Waals surface area contributed by atoms with Crippen molar-refractivity contribution in [2.75, 3.05) is 0 Å². The smallest absolute Gasteiger partial charge is 0.103 e. The third-order valence-electron chi connectivity index (χ3n) is 2.31. The van der Waals surface area contributed by atoms with E-state index in [0.717, 1.165) is 0 Å². The van der Waals surface area contributed by atoms with Gasteiger partial charge in [-0.15, -0.1) is 0 Å². The Balaban J connectivity index is 4.21. The van der Waals surface area contributed by atoms with Crippen LogP contribution in [0.15, 0.2) is 0 Å². The van der Waals surface area contributed by atoms with Crippen molar-refractivity contribution in [3.63, 3.8) is 0 Å². The third-order valence-corrected chi connectivity index (χ3v) is 2.31. The molecule has 0 aromatic heterocycles. The van der Waals surface area contributed by atoms with Gasteiger partial charge in [-0.2, -0.15) is 0 Å². The molecule has 0 rings (SSSR count). The molecule has 0 unspecified atom stereocenters. The lowest BCUT2D eigenvalue weighted by atomic mass is 9.79. The molecular weight excluding hydrogens is 164 g/mol. The molecular formula is C11H24O2. The Morgan fingerprint density at radius 1 is 0.615 bits per heavy atom. The van der Waals surface area contributed by atoms with Crippen molar-refractivity contribution in [2.24, 2.45) is 5.41 Å². The Bertz CT molecular complexity index is 158. The molecule has 2 heteroatoms. The van der Waals surface area contributed by atoms with Crippen molar-refractivity contribution >= 4 is 0 Å². The molecule has 0 atom stereocenters. The van der Waals surface area contributed by atoms with Gasteiger partial charge in [0.05, 0.1) is 5.60 Å². The molecule has 0 aliphatic carbocycles. The molecule has 0 radical (unpaired) electrons. The van der Waals surface area contributed by atoms with E-state index >= 15 is 0 Å². The Morgan fingerprint density at radius 2 is 1.00 bits per heavy atom. The monoisotopic (exact) mass is 188 g/mol. The summed E-state index contributed by atoms with van der Waals surface area (Å²) in [5.41, 5.74) is -0.457. The topological polar surface area (TPSA) is 18.5 Å². The molecule has 0 heterocycles. The fraction of sp³-hybridized carbons (Fsp3) is 1.00. The Labute approximate surface area is 82.5 Å². The standard InChI is InChI=1S/C11H24O2/c1-9(2,3)11(7,8)13-12-10(4,5)6/h1-8H3. The van der Waals surface area contributed by atoms with Crippen LogP contribution in [0, 0.1) is 5.41 Å². The number of hydrogen-bond donors (Lipinski definition) is 0. The van der Waals surface area contributed by atoms with Crippen molar-refractivity contribution in [2.45, 2.75) is 66.6 Å². The molecule has 0 aromatic carbocycles. The molecule has 0 saturated heterocycles. The normalized spacial score (nSPS) is 14.8. The van der Waals surface area contributed by atoms with Gasteiger partial charge < -0.3 is 0 Å². The predicted molar refractivity (Wildman–Crippen MR) is 55.5 cm³/mol. The molecule has 0 bridgehead atoms. The van der Waals surface area contributed by atoms with Crippen LogP contribution < -0.4 is 0 Å². The zero-order valence-electron chi connectivity index (χ0n) is 10.3. The average molecular weight is 188 g/mol. The summed E-state index contributed by atoms with van der Waals surface area (Å²) in [6.07, 6.45) is 0. The summed E-state index contributed by atoms with van der Waals surface area (Å²) >= 11 is 0. The van der Waals surface area contributed by atoms with Crippen molar-refractivity contribution in [3.8, 4) is 0 Å². The van der Waals surface area contributed by atoms with E-state index in [2.05, 4.69) is 20.8 Å². The zero-order valence-corrected chi connectivity index (χ0v) is 10.3. The largest absolute Gasteiger partial charge is 0.230 e. The molecule has 0 aliphatic rings. The van der Waals surface area contributed by atoms with Crippen LogP contribution in [0.2, 0.25) is 0 Å². The lowest BCUT2D eigenvalue weighted by Crippen LogP contribution is -2.41. The third kappa shape index (κ3) is 4.63. The van der Waals surface area contributed by atoms with Gasteiger partial charge in [-0.05, 0) is 40.0 Å². The molecule has 0 aliphatic heterocycles. The van der Waals surface area contributed by atoms with Gasteiger partial charge in [0, 0.05) is 0 Å². The van der Waals surface area contributed by atoms with Crippen LogP contribution in [-0.4, -0.2) is 11.2 Å². The Kier molecular flexibility index (Phi) is 3.56. The van der Waals surface area contributed by atoms with Crippen LogP contribution in [0.3, 0.4) is 0 Å². The summed E-state index contributed by atoms with van der Waals surface area (Å²) in [4.78, 5) is 10.8. The van der Waals surface area contributed by atoms with E-state index in [1.54, 1.807) is 0 Å². The molecule has 2 nitrogen and oxygen atoms in total. The molecule has 0 N–H and O–H groups in total. The predicted octanol–water partition coefficient (Wildman–Crippen LogP) is 3.56. The highest BCUT2D eigenvalue weighted by molar-refractivity contribution is 4.82. The number of hydrogen-bond acceptors (Lipinski definition) is 2. The van der Waals surface area contributed by atoms with E-state index in [9.17, 15) is 0 Å². The summed E-state index contributed by atoms with van der Waals surface area (Å²) in [5, 5.41) is 0. The maximum Gasteiger partial charge on any atom is 0.103 e. The van der Waals surface area contributed by atoms with E-state index in [0.29, 0.717) is 0 Å². The first-order valence-electron chi connectivity index (χ1n) is 4.82. The van der Waals surface area contributed by atoms with Gasteiger partial charge in [0.1, 0.15) is 5.60 Å². The van der Waals surface area contributed by atoms with Gasteiger partial charge in [0.2, 0.25) is 0 Å². The minimum Gasteiger partial charge on any atom is -0.230 e. The maximum atomic E-state index is 5.46. The highest BCUT2D eigenvalue weighted by Gasteiger charge is 2.36. The summed E-state index contributed by atoms with van der Waals surface area (Å²) < 4.78 is 0. The molecule has 13 heavy (non-hydrogen) atoms. The maximum absolute atomic E-state index is 5.46. The molecule has 80 valence electrons.